The van der Waals surface area contributed by atoms with Crippen molar-refractivity contribution in [3.05, 3.63) is 120 Å². The normalized spacial score (nSPS) is 21.6. The van der Waals surface area contributed by atoms with Gasteiger partial charge in [-0.3, -0.25) is 14.5 Å². The van der Waals surface area contributed by atoms with Crippen LogP contribution in [-0.4, -0.2) is 35.3 Å². The molecule has 2 amide bonds. The van der Waals surface area contributed by atoms with Crippen LogP contribution in [0.5, 0.6) is 0 Å². The number of piperidine rings is 1. The van der Waals surface area contributed by atoms with Crippen LogP contribution >= 0.6 is 0 Å². The number of anilines is 2. The van der Waals surface area contributed by atoms with E-state index in [1.165, 1.54) is 24.8 Å². The van der Waals surface area contributed by atoms with Crippen LogP contribution < -0.4 is 10.2 Å². The lowest BCUT2D eigenvalue weighted by molar-refractivity contribution is 0.0961. The van der Waals surface area contributed by atoms with Crippen LogP contribution in [0, 0.1) is 5.92 Å². The Hall–Kier alpha value is -4.22. The summed E-state index contributed by atoms with van der Waals surface area (Å²) in [5.41, 5.74) is 6.03. The van der Waals surface area contributed by atoms with Crippen molar-refractivity contribution in [2.24, 2.45) is 5.92 Å². The molecule has 2 aliphatic heterocycles. The van der Waals surface area contributed by atoms with Gasteiger partial charge in [0.25, 0.3) is 11.8 Å². The van der Waals surface area contributed by atoms with Gasteiger partial charge in [0.15, 0.2) is 0 Å². The third kappa shape index (κ3) is 4.33. The van der Waals surface area contributed by atoms with Gasteiger partial charge in [-0.2, -0.15) is 0 Å². The summed E-state index contributed by atoms with van der Waals surface area (Å²) in [6, 6.07) is 34.2. The van der Waals surface area contributed by atoms with E-state index in [-0.39, 0.29) is 11.8 Å². The summed E-state index contributed by atoms with van der Waals surface area (Å²) in [5.74, 6) is 0.515. The van der Waals surface area contributed by atoms with Crippen molar-refractivity contribution in [1.29, 1.82) is 0 Å². The molecule has 5 heteroatoms. The summed E-state index contributed by atoms with van der Waals surface area (Å²) in [6.45, 7) is 1.65. The first-order valence-electron chi connectivity index (χ1n) is 13.9. The molecule has 3 aliphatic rings. The molecular formula is C34H31N3O2. The van der Waals surface area contributed by atoms with E-state index >= 15 is 0 Å². The molecule has 1 aliphatic carbocycles. The monoisotopic (exact) mass is 513 g/mol. The maximum absolute atomic E-state index is 13.9. The second-order valence-electron chi connectivity index (χ2n) is 11.0. The van der Waals surface area contributed by atoms with E-state index < -0.39 is 0 Å². The van der Waals surface area contributed by atoms with Crippen molar-refractivity contribution < 1.29 is 9.59 Å². The summed E-state index contributed by atoms with van der Waals surface area (Å²) in [7, 11) is 0. The van der Waals surface area contributed by atoms with Crippen molar-refractivity contribution in [2.75, 3.05) is 16.8 Å². The number of para-hydroxylation sites is 1. The number of amides is 2. The Kier molecular flexibility index (Phi) is 6.01. The Balaban J connectivity index is 1.12. The van der Waals surface area contributed by atoms with Crippen molar-refractivity contribution in [3.63, 3.8) is 0 Å². The quantitative estimate of drug-likeness (QED) is 0.334. The second kappa shape index (κ2) is 9.83. The van der Waals surface area contributed by atoms with Gasteiger partial charge in [-0.25, -0.2) is 0 Å². The van der Waals surface area contributed by atoms with E-state index in [1.54, 1.807) is 0 Å². The highest BCUT2D eigenvalue weighted by Crippen LogP contribution is 2.46. The van der Waals surface area contributed by atoms with Crippen LogP contribution in [-0.2, 0) is 6.54 Å². The van der Waals surface area contributed by atoms with Crippen molar-refractivity contribution in [1.82, 2.24) is 4.90 Å². The number of nitrogens with one attached hydrogen (secondary N) is 1. The van der Waals surface area contributed by atoms with Gasteiger partial charge < -0.3 is 10.2 Å². The predicted octanol–water partition coefficient (Wildman–Crippen LogP) is 6.62. The first-order valence-corrected chi connectivity index (χ1v) is 13.9. The van der Waals surface area contributed by atoms with Crippen LogP contribution in [0.2, 0.25) is 0 Å². The lowest BCUT2D eigenvalue weighted by atomic mass is 9.98. The molecule has 4 aromatic rings. The third-order valence-corrected chi connectivity index (χ3v) is 8.78. The van der Waals surface area contributed by atoms with E-state index in [1.807, 2.05) is 89.8 Å². The van der Waals surface area contributed by atoms with Gasteiger partial charge in [0.2, 0.25) is 0 Å². The van der Waals surface area contributed by atoms with E-state index in [4.69, 9.17) is 0 Å². The summed E-state index contributed by atoms with van der Waals surface area (Å²) in [6.07, 6.45) is 3.81. The lowest BCUT2D eigenvalue weighted by Crippen LogP contribution is -2.46. The Morgan fingerprint density at radius 3 is 2.36 bits per heavy atom. The maximum Gasteiger partial charge on any atom is 0.258 e. The average molecular weight is 514 g/mol. The number of rotatable bonds is 4. The summed E-state index contributed by atoms with van der Waals surface area (Å²) >= 11 is 0. The molecular weight excluding hydrogens is 482 g/mol. The van der Waals surface area contributed by atoms with E-state index in [9.17, 15) is 9.59 Å². The third-order valence-electron chi connectivity index (χ3n) is 8.78. The minimum atomic E-state index is -0.175. The van der Waals surface area contributed by atoms with Gasteiger partial charge in [-0.05, 0) is 78.3 Å². The van der Waals surface area contributed by atoms with Crippen molar-refractivity contribution >= 4 is 23.2 Å². The number of carbonyl (C=O) groups excluding carboxylic acids is 2. The largest absolute Gasteiger partial charge is 0.322 e. The molecule has 194 valence electrons. The fraction of sp³-hybridized carbons (Fsp3) is 0.235. The maximum atomic E-state index is 13.9. The molecule has 0 radical (unpaired) electrons. The first kappa shape index (κ1) is 23.9. The van der Waals surface area contributed by atoms with Crippen LogP contribution in [0.1, 0.15) is 45.5 Å². The highest BCUT2D eigenvalue weighted by Gasteiger charge is 2.48. The number of hydrogen-bond acceptors (Lipinski definition) is 3. The SMILES string of the molecule is O=C(Nc1ccc(C(=O)N2C[C@H]3[C@@H]4CC[C@@H](C4)N3Cc3ccccc32)cc1)c1ccccc1-c1ccccc1. The highest BCUT2D eigenvalue weighted by molar-refractivity contribution is 6.10. The molecule has 2 heterocycles. The summed E-state index contributed by atoms with van der Waals surface area (Å²) in [5, 5.41) is 3.02. The van der Waals surface area contributed by atoms with E-state index in [2.05, 4.69) is 28.4 Å². The van der Waals surface area contributed by atoms with Gasteiger partial charge in [0.05, 0.1) is 0 Å². The molecule has 1 saturated heterocycles. The number of hydrogen-bond donors (Lipinski definition) is 1. The van der Waals surface area contributed by atoms with Crippen LogP contribution in [0.15, 0.2) is 103 Å². The molecule has 0 unspecified atom stereocenters. The Bertz CT molecular complexity index is 1530. The van der Waals surface area contributed by atoms with Gasteiger partial charge >= 0.3 is 0 Å². The summed E-state index contributed by atoms with van der Waals surface area (Å²) < 4.78 is 0. The van der Waals surface area contributed by atoms with Crippen molar-refractivity contribution in [2.45, 2.75) is 37.9 Å². The highest BCUT2D eigenvalue weighted by atomic mass is 16.2. The van der Waals surface area contributed by atoms with Gasteiger partial charge in [-0.15, -0.1) is 0 Å². The zero-order valence-corrected chi connectivity index (χ0v) is 21.8. The number of benzene rings is 4. The predicted molar refractivity (Wildman–Crippen MR) is 155 cm³/mol. The molecule has 3 atom stereocenters. The van der Waals surface area contributed by atoms with Crippen LogP contribution in [0.4, 0.5) is 11.4 Å². The molecule has 39 heavy (non-hydrogen) atoms. The Morgan fingerprint density at radius 2 is 1.51 bits per heavy atom. The molecule has 2 bridgehead atoms. The van der Waals surface area contributed by atoms with E-state index in [0.717, 1.165) is 29.9 Å². The Labute approximate surface area is 229 Å². The number of nitrogens with zero attached hydrogens (tertiary/aromatic N) is 2. The topological polar surface area (TPSA) is 52.7 Å². The molecule has 0 aromatic heterocycles. The van der Waals surface area contributed by atoms with Gasteiger partial charge in [0.1, 0.15) is 0 Å². The molecule has 1 saturated carbocycles. The zero-order chi connectivity index (χ0) is 26.3. The minimum Gasteiger partial charge on any atom is -0.322 e. The fourth-order valence-electron chi connectivity index (χ4n) is 6.87. The average Bonchev–Trinajstić information content (AvgIpc) is 3.54. The molecule has 2 fully saturated rings. The van der Waals surface area contributed by atoms with E-state index in [0.29, 0.717) is 34.8 Å². The van der Waals surface area contributed by atoms with Gasteiger partial charge in [0, 0.05) is 47.7 Å². The smallest absolute Gasteiger partial charge is 0.258 e. The Morgan fingerprint density at radius 1 is 0.769 bits per heavy atom. The standard InChI is InChI=1S/C34H31N3O2/c38-33(30-12-6-5-11-29(30)23-8-2-1-3-9-23)35-27-17-14-24(15-18-27)34(39)37-22-32-25-16-19-28(20-25)36(32)21-26-10-4-7-13-31(26)37/h1-15,17-18,25,28,32H,16,19-22H2,(H,35,38)/t25-,28+,32+/m1/s1. The first-order chi connectivity index (χ1) is 19.2. The zero-order valence-electron chi connectivity index (χ0n) is 21.8. The number of fused-ring (bicyclic) bond motifs is 6. The molecule has 5 nitrogen and oxygen atoms in total. The molecule has 1 N–H and O–H groups in total. The van der Waals surface area contributed by atoms with Crippen molar-refractivity contribution in [3.8, 4) is 11.1 Å². The molecule has 0 spiro atoms. The molecule has 4 aromatic carbocycles. The van der Waals surface area contributed by atoms with Gasteiger partial charge in [-0.1, -0.05) is 66.7 Å². The number of carbonyl (C=O) groups is 2. The summed E-state index contributed by atoms with van der Waals surface area (Å²) in [4.78, 5) is 31.7. The second-order valence-corrected chi connectivity index (χ2v) is 11.0. The molecule has 7 rings (SSSR count). The van der Waals surface area contributed by atoms with Crippen LogP contribution in [0.25, 0.3) is 11.1 Å². The lowest BCUT2D eigenvalue weighted by Gasteiger charge is -2.35. The van der Waals surface area contributed by atoms with Crippen LogP contribution in [0.3, 0.4) is 0 Å². The minimum absolute atomic E-state index is 0.0133. The fourth-order valence-corrected chi connectivity index (χ4v) is 6.87.